The molecule has 1 aliphatic carbocycles. The second-order valence-corrected chi connectivity index (χ2v) is 8.64. The number of fused-ring (bicyclic) bond motifs is 1. The summed E-state index contributed by atoms with van der Waals surface area (Å²) < 4.78 is 5.24. The van der Waals surface area contributed by atoms with Crippen LogP contribution in [0.2, 0.25) is 0 Å². The molecule has 2 N–H and O–H groups in total. The predicted octanol–water partition coefficient (Wildman–Crippen LogP) is 2.16. The lowest BCUT2D eigenvalue weighted by Crippen LogP contribution is -3.15. The number of carbonyl (C=O) groups is 1. The minimum absolute atomic E-state index is 0.0599. The maximum absolute atomic E-state index is 12.6. The first-order chi connectivity index (χ1) is 14.6. The number of piperazine rings is 1. The predicted molar refractivity (Wildman–Crippen MR) is 120 cm³/mol. The van der Waals surface area contributed by atoms with Crippen molar-refractivity contribution in [2.24, 2.45) is 0 Å². The summed E-state index contributed by atoms with van der Waals surface area (Å²) in [6, 6.07) is 15.0. The summed E-state index contributed by atoms with van der Waals surface area (Å²) in [5.74, 6) is 1.03. The van der Waals surface area contributed by atoms with Crippen LogP contribution in [0.25, 0.3) is 0 Å². The Balaban J connectivity index is 1.25. The molecular formula is C25H34N3O2+. The van der Waals surface area contributed by atoms with Gasteiger partial charge in [-0.15, -0.1) is 0 Å². The van der Waals surface area contributed by atoms with Crippen LogP contribution in [0.15, 0.2) is 42.5 Å². The SMILES string of the molecule is COc1ccc(N2CC[NH+](CC(=O)N[C@@H](C)c3ccc4c(c3)CCCC4)CC2)cc1. The number of aryl methyl sites for hydroxylation is 2. The number of hydrogen-bond acceptors (Lipinski definition) is 3. The third-order valence-electron chi connectivity index (χ3n) is 6.57. The molecule has 2 aliphatic rings. The van der Waals surface area contributed by atoms with E-state index in [2.05, 4.69) is 47.5 Å². The van der Waals surface area contributed by atoms with E-state index >= 15 is 0 Å². The number of ether oxygens (including phenoxy) is 1. The fourth-order valence-electron chi connectivity index (χ4n) is 4.68. The smallest absolute Gasteiger partial charge is 0.275 e. The average Bonchev–Trinajstić information content (AvgIpc) is 2.79. The topological polar surface area (TPSA) is 46.0 Å². The molecule has 0 radical (unpaired) electrons. The first-order valence-electron chi connectivity index (χ1n) is 11.3. The van der Waals surface area contributed by atoms with Gasteiger partial charge in [0.2, 0.25) is 0 Å². The number of nitrogens with one attached hydrogen (secondary N) is 2. The molecule has 0 bridgehead atoms. The van der Waals surface area contributed by atoms with Crippen LogP contribution in [-0.2, 0) is 17.6 Å². The van der Waals surface area contributed by atoms with Crippen molar-refractivity contribution in [3.63, 3.8) is 0 Å². The highest BCUT2D eigenvalue weighted by Gasteiger charge is 2.23. The summed E-state index contributed by atoms with van der Waals surface area (Å²) in [6.07, 6.45) is 4.95. The Morgan fingerprint density at radius 1 is 1.07 bits per heavy atom. The molecule has 0 saturated carbocycles. The Morgan fingerprint density at radius 3 is 2.47 bits per heavy atom. The number of nitrogens with zero attached hydrogens (tertiary/aromatic N) is 1. The van der Waals surface area contributed by atoms with Gasteiger partial charge in [-0.05, 0) is 73.6 Å². The van der Waals surface area contributed by atoms with Gasteiger partial charge in [0.05, 0.1) is 39.3 Å². The van der Waals surface area contributed by atoms with E-state index in [1.807, 2.05) is 12.1 Å². The summed E-state index contributed by atoms with van der Waals surface area (Å²) in [6.45, 7) is 6.54. The Bertz CT molecular complexity index is 857. The second kappa shape index (κ2) is 9.52. The Kier molecular flexibility index (Phi) is 6.58. The van der Waals surface area contributed by atoms with Gasteiger partial charge in [0.15, 0.2) is 6.54 Å². The maximum atomic E-state index is 12.6. The Hall–Kier alpha value is -2.53. The van der Waals surface area contributed by atoms with Crippen LogP contribution in [-0.4, -0.2) is 45.7 Å². The van der Waals surface area contributed by atoms with Crippen LogP contribution in [0, 0.1) is 0 Å². The zero-order chi connectivity index (χ0) is 20.9. The van der Waals surface area contributed by atoms with Gasteiger partial charge in [-0.1, -0.05) is 18.2 Å². The molecule has 2 aromatic rings. The molecular weight excluding hydrogens is 374 g/mol. The number of benzene rings is 2. The van der Waals surface area contributed by atoms with E-state index in [1.54, 1.807) is 7.11 Å². The monoisotopic (exact) mass is 408 g/mol. The van der Waals surface area contributed by atoms with Crippen LogP contribution in [0.5, 0.6) is 5.75 Å². The highest BCUT2D eigenvalue weighted by atomic mass is 16.5. The van der Waals surface area contributed by atoms with Crippen molar-refractivity contribution in [3.05, 3.63) is 59.2 Å². The van der Waals surface area contributed by atoms with Gasteiger partial charge >= 0.3 is 0 Å². The quantitative estimate of drug-likeness (QED) is 0.770. The molecule has 5 heteroatoms. The first-order valence-corrected chi connectivity index (χ1v) is 11.3. The van der Waals surface area contributed by atoms with Crippen molar-refractivity contribution >= 4 is 11.6 Å². The number of carbonyl (C=O) groups excluding carboxylic acids is 1. The van der Waals surface area contributed by atoms with Gasteiger partial charge in [0, 0.05) is 5.69 Å². The van der Waals surface area contributed by atoms with Crippen LogP contribution in [0.4, 0.5) is 5.69 Å². The van der Waals surface area contributed by atoms with Crippen molar-refractivity contribution in [1.29, 1.82) is 0 Å². The first kappa shape index (κ1) is 20.7. The standard InChI is InChI=1S/C25H33N3O2/c1-19(21-8-7-20-5-3-4-6-22(20)17-21)26-25(29)18-27-13-15-28(16-14-27)23-9-11-24(30-2)12-10-23/h7-12,17,19H,3-6,13-16,18H2,1-2H3,(H,26,29)/p+1/t19-/m0/s1. The molecule has 160 valence electrons. The van der Waals surface area contributed by atoms with Crippen molar-refractivity contribution in [3.8, 4) is 5.75 Å². The molecule has 1 aliphatic heterocycles. The highest BCUT2D eigenvalue weighted by molar-refractivity contribution is 5.77. The summed E-state index contributed by atoms with van der Waals surface area (Å²) in [4.78, 5) is 16.4. The van der Waals surface area contributed by atoms with Crippen LogP contribution in [0.1, 0.15) is 42.5 Å². The lowest BCUT2D eigenvalue weighted by atomic mass is 9.89. The van der Waals surface area contributed by atoms with Crippen LogP contribution in [0.3, 0.4) is 0 Å². The second-order valence-electron chi connectivity index (χ2n) is 8.64. The van der Waals surface area contributed by atoms with Crippen molar-refractivity contribution in [2.75, 3.05) is 44.7 Å². The lowest BCUT2D eigenvalue weighted by Gasteiger charge is -2.33. The number of rotatable bonds is 6. The van der Waals surface area contributed by atoms with E-state index in [4.69, 9.17) is 4.74 Å². The largest absolute Gasteiger partial charge is 0.497 e. The lowest BCUT2D eigenvalue weighted by molar-refractivity contribution is -0.892. The Morgan fingerprint density at radius 2 is 1.77 bits per heavy atom. The highest BCUT2D eigenvalue weighted by Crippen LogP contribution is 2.24. The van der Waals surface area contributed by atoms with Crippen LogP contribution >= 0.6 is 0 Å². The molecule has 4 rings (SSSR count). The van der Waals surface area contributed by atoms with E-state index in [9.17, 15) is 4.79 Å². The number of anilines is 1. The third kappa shape index (κ3) is 4.96. The van der Waals surface area contributed by atoms with Gasteiger partial charge in [0.1, 0.15) is 5.75 Å². The minimum Gasteiger partial charge on any atom is -0.497 e. The molecule has 0 spiro atoms. The Labute approximate surface area is 180 Å². The summed E-state index contributed by atoms with van der Waals surface area (Å²) >= 11 is 0. The number of methoxy groups -OCH3 is 1. The molecule has 1 amide bonds. The van der Waals surface area contributed by atoms with E-state index in [1.165, 1.54) is 53.0 Å². The van der Waals surface area contributed by atoms with E-state index in [0.717, 1.165) is 31.9 Å². The van der Waals surface area contributed by atoms with Gasteiger partial charge in [0.25, 0.3) is 5.91 Å². The molecule has 5 nitrogen and oxygen atoms in total. The molecule has 30 heavy (non-hydrogen) atoms. The van der Waals surface area contributed by atoms with Crippen molar-refractivity contribution in [1.82, 2.24) is 5.32 Å². The number of amides is 1. The fraction of sp³-hybridized carbons (Fsp3) is 0.480. The fourth-order valence-corrected chi connectivity index (χ4v) is 4.68. The van der Waals surface area contributed by atoms with E-state index < -0.39 is 0 Å². The minimum atomic E-state index is 0.0599. The molecule has 1 atom stereocenters. The molecule has 1 fully saturated rings. The number of quaternary nitrogens is 1. The molecule has 1 saturated heterocycles. The summed E-state index contributed by atoms with van der Waals surface area (Å²) in [5, 5.41) is 3.22. The van der Waals surface area contributed by atoms with Gasteiger partial charge in [-0.2, -0.15) is 0 Å². The zero-order valence-corrected chi connectivity index (χ0v) is 18.2. The van der Waals surface area contributed by atoms with Crippen LogP contribution < -0.4 is 19.9 Å². The molecule has 2 aromatic carbocycles. The average molecular weight is 409 g/mol. The summed E-state index contributed by atoms with van der Waals surface area (Å²) in [5.41, 5.74) is 5.41. The molecule has 1 heterocycles. The van der Waals surface area contributed by atoms with Gasteiger partial charge < -0.3 is 19.9 Å². The third-order valence-corrected chi connectivity index (χ3v) is 6.57. The molecule has 0 aromatic heterocycles. The van der Waals surface area contributed by atoms with Gasteiger partial charge in [-0.3, -0.25) is 4.79 Å². The molecule has 0 unspecified atom stereocenters. The van der Waals surface area contributed by atoms with Gasteiger partial charge in [-0.25, -0.2) is 0 Å². The van der Waals surface area contributed by atoms with Crippen molar-refractivity contribution < 1.29 is 14.4 Å². The summed E-state index contributed by atoms with van der Waals surface area (Å²) in [7, 11) is 1.69. The normalized spacial score (nSPS) is 17.9. The zero-order valence-electron chi connectivity index (χ0n) is 18.2. The van der Waals surface area contributed by atoms with Crippen molar-refractivity contribution in [2.45, 2.75) is 38.6 Å². The number of hydrogen-bond donors (Lipinski definition) is 2. The van der Waals surface area contributed by atoms with E-state index in [-0.39, 0.29) is 11.9 Å². The van der Waals surface area contributed by atoms with E-state index in [0.29, 0.717) is 6.54 Å². The maximum Gasteiger partial charge on any atom is 0.275 e.